The minimum Gasteiger partial charge on any atom is -0.367 e. The summed E-state index contributed by atoms with van der Waals surface area (Å²) in [5.74, 6) is 0. The minimum absolute atomic E-state index is 0.182. The van der Waals surface area contributed by atoms with Crippen LogP contribution in [-0.4, -0.2) is 18.6 Å². The van der Waals surface area contributed by atoms with Crippen molar-refractivity contribution in [3.63, 3.8) is 0 Å². The third-order valence-corrected chi connectivity index (χ3v) is 3.92. The molecule has 1 saturated carbocycles. The molecule has 1 atom stereocenters. The molecule has 2 N–H and O–H groups in total. The minimum atomic E-state index is 0.182. The number of nitrogens with zero attached hydrogens (tertiary/aromatic N) is 1. The van der Waals surface area contributed by atoms with Crippen LogP contribution in [0.3, 0.4) is 0 Å². The van der Waals surface area contributed by atoms with Crippen LogP contribution in [0.15, 0.2) is 18.2 Å². The lowest BCUT2D eigenvalue weighted by Gasteiger charge is -2.26. The van der Waals surface area contributed by atoms with Crippen LogP contribution in [-0.2, 0) is 6.42 Å². The molecule has 0 aliphatic heterocycles. The Hall–Kier alpha value is -0.730. The summed E-state index contributed by atoms with van der Waals surface area (Å²) in [6, 6.07) is 7.33. The maximum Gasteiger partial charge on any atom is 0.0642 e. The SMILES string of the molecule is CCCCN(c1ccc(CC(C)N)cc1Cl)C1CC1. The number of halogens is 1. The molecule has 2 nitrogen and oxygen atoms in total. The number of anilines is 1. The second-order valence-corrected chi connectivity index (χ2v) is 6.15. The van der Waals surface area contributed by atoms with Crippen molar-refractivity contribution in [1.82, 2.24) is 0 Å². The number of hydrogen-bond donors (Lipinski definition) is 1. The highest BCUT2D eigenvalue weighted by Gasteiger charge is 2.29. The van der Waals surface area contributed by atoms with Gasteiger partial charge in [-0.15, -0.1) is 0 Å². The molecular formula is C16H25ClN2. The molecule has 1 fully saturated rings. The topological polar surface area (TPSA) is 29.3 Å². The first kappa shape index (κ1) is 14.7. The largest absolute Gasteiger partial charge is 0.367 e. The average Bonchev–Trinajstić information content (AvgIpc) is 3.15. The Bertz CT molecular complexity index is 413. The standard InChI is InChI=1S/C16H25ClN2/c1-3-4-9-19(14-6-7-14)16-8-5-13(10-12(2)18)11-15(16)17/h5,8,11-12,14H,3-4,6-7,9-10,18H2,1-2H3. The van der Waals surface area contributed by atoms with Crippen LogP contribution >= 0.6 is 11.6 Å². The second-order valence-electron chi connectivity index (χ2n) is 5.75. The van der Waals surface area contributed by atoms with Crippen molar-refractivity contribution in [2.75, 3.05) is 11.4 Å². The van der Waals surface area contributed by atoms with Gasteiger partial charge < -0.3 is 10.6 Å². The first-order valence-corrected chi connectivity index (χ1v) is 7.80. The maximum atomic E-state index is 6.48. The van der Waals surface area contributed by atoms with Gasteiger partial charge in [-0.1, -0.05) is 31.0 Å². The molecule has 19 heavy (non-hydrogen) atoms. The van der Waals surface area contributed by atoms with Crippen molar-refractivity contribution in [3.8, 4) is 0 Å². The molecule has 1 unspecified atom stereocenters. The zero-order chi connectivity index (χ0) is 13.8. The molecule has 0 heterocycles. The highest BCUT2D eigenvalue weighted by Crippen LogP contribution is 2.36. The number of unbranched alkanes of at least 4 members (excludes halogenated alkanes) is 1. The van der Waals surface area contributed by atoms with E-state index >= 15 is 0 Å². The van der Waals surface area contributed by atoms with Gasteiger partial charge in [0, 0.05) is 18.6 Å². The Morgan fingerprint density at radius 3 is 2.68 bits per heavy atom. The summed E-state index contributed by atoms with van der Waals surface area (Å²) in [7, 11) is 0. The lowest BCUT2D eigenvalue weighted by molar-refractivity contribution is 0.711. The summed E-state index contributed by atoms with van der Waals surface area (Å²) < 4.78 is 0. The van der Waals surface area contributed by atoms with Crippen LogP contribution in [0, 0.1) is 0 Å². The van der Waals surface area contributed by atoms with Crippen LogP contribution < -0.4 is 10.6 Å². The van der Waals surface area contributed by atoms with E-state index < -0.39 is 0 Å². The number of hydrogen-bond acceptors (Lipinski definition) is 2. The maximum absolute atomic E-state index is 6.48. The van der Waals surface area contributed by atoms with Gasteiger partial charge in [-0.3, -0.25) is 0 Å². The summed E-state index contributed by atoms with van der Waals surface area (Å²) in [5, 5.41) is 0.876. The predicted molar refractivity (Wildman–Crippen MR) is 84.1 cm³/mol. The summed E-state index contributed by atoms with van der Waals surface area (Å²) in [5.41, 5.74) is 8.27. The van der Waals surface area contributed by atoms with Crippen molar-refractivity contribution < 1.29 is 0 Å². The summed E-state index contributed by atoms with van der Waals surface area (Å²) in [4.78, 5) is 2.49. The van der Waals surface area contributed by atoms with Crippen LogP contribution in [0.4, 0.5) is 5.69 Å². The van der Waals surface area contributed by atoms with Gasteiger partial charge in [0.05, 0.1) is 10.7 Å². The van der Waals surface area contributed by atoms with Gasteiger partial charge in [-0.25, -0.2) is 0 Å². The molecule has 1 aromatic carbocycles. The Morgan fingerprint density at radius 1 is 1.42 bits per heavy atom. The van der Waals surface area contributed by atoms with Gasteiger partial charge in [0.15, 0.2) is 0 Å². The predicted octanol–water partition coefficient (Wildman–Crippen LogP) is 4.00. The smallest absolute Gasteiger partial charge is 0.0642 e. The van der Waals surface area contributed by atoms with Crippen LogP contribution in [0.1, 0.15) is 45.1 Å². The highest BCUT2D eigenvalue weighted by molar-refractivity contribution is 6.33. The third kappa shape index (κ3) is 4.12. The van der Waals surface area contributed by atoms with E-state index in [4.69, 9.17) is 17.3 Å². The molecule has 0 saturated heterocycles. The van der Waals surface area contributed by atoms with Crippen LogP contribution in [0.25, 0.3) is 0 Å². The van der Waals surface area contributed by atoms with E-state index in [1.165, 1.54) is 36.9 Å². The fourth-order valence-electron chi connectivity index (χ4n) is 2.50. The Labute approximate surface area is 121 Å². The molecule has 1 aliphatic rings. The summed E-state index contributed by atoms with van der Waals surface area (Å²) in [6.07, 6.45) is 5.96. The molecule has 0 aromatic heterocycles. The van der Waals surface area contributed by atoms with E-state index in [0.29, 0.717) is 6.04 Å². The molecule has 1 aliphatic carbocycles. The van der Waals surface area contributed by atoms with Gasteiger partial charge in [-0.05, 0) is 50.3 Å². The van der Waals surface area contributed by atoms with Crippen molar-refractivity contribution in [3.05, 3.63) is 28.8 Å². The Balaban J connectivity index is 2.13. The third-order valence-electron chi connectivity index (χ3n) is 3.62. The first-order chi connectivity index (χ1) is 9.11. The fraction of sp³-hybridized carbons (Fsp3) is 0.625. The Kier molecular flexibility index (Phi) is 5.12. The van der Waals surface area contributed by atoms with E-state index in [1.54, 1.807) is 0 Å². The van der Waals surface area contributed by atoms with E-state index in [1.807, 2.05) is 6.92 Å². The lowest BCUT2D eigenvalue weighted by atomic mass is 10.1. The molecule has 1 aromatic rings. The van der Waals surface area contributed by atoms with E-state index in [0.717, 1.165) is 18.0 Å². The first-order valence-electron chi connectivity index (χ1n) is 7.42. The fourth-order valence-corrected chi connectivity index (χ4v) is 2.81. The molecule has 3 heteroatoms. The van der Waals surface area contributed by atoms with E-state index in [2.05, 4.69) is 30.0 Å². The lowest BCUT2D eigenvalue weighted by Crippen LogP contribution is -2.27. The van der Waals surface area contributed by atoms with Crippen molar-refractivity contribution >= 4 is 17.3 Å². The zero-order valence-corrected chi connectivity index (χ0v) is 12.8. The van der Waals surface area contributed by atoms with Crippen LogP contribution in [0.5, 0.6) is 0 Å². The van der Waals surface area contributed by atoms with Gasteiger partial charge in [0.2, 0.25) is 0 Å². The van der Waals surface area contributed by atoms with Crippen LogP contribution in [0.2, 0.25) is 5.02 Å². The monoisotopic (exact) mass is 280 g/mol. The molecule has 106 valence electrons. The van der Waals surface area contributed by atoms with Crippen molar-refractivity contribution in [1.29, 1.82) is 0 Å². The quantitative estimate of drug-likeness (QED) is 0.818. The van der Waals surface area contributed by atoms with Crippen molar-refractivity contribution in [2.24, 2.45) is 5.73 Å². The molecular weight excluding hydrogens is 256 g/mol. The summed E-state index contributed by atoms with van der Waals surface area (Å²) >= 11 is 6.48. The number of benzene rings is 1. The van der Waals surface area contributed by atoms with Gasteiger partial charge in [0.1, 0.15) is 0 Å². The Morgan fingerprint density at radius 2 is 2.16 bits per heavy atom. The molecule has 0 radical (unpaired) electrons. The number of rotatable bonds is 7. The summed E-state index contributed by atoms with van der Waals surface area (Å²) in [6.45, 7) is 5.38. The van der Waals surface area contributed by atoms with Gasteiger partial charge in [0.25, 0.3) is 0 Å². The zero-order valence-electron chi connectivity index (χ0n) is 12.0. The van der Waals surface area contributed by atoms with E-state index in [9.17, 15) is 0 Å². The second kappa shape index (κ2) is 6.62. The molecule has 2 rings (SSSR count). The molecule has 0 spiro atoms. The molecule has 0 bridgehead atoms. The van der Waals surface area contributed by atoms with E-state index in [-0.39, 0.29) is 6.04 Å². The molecule has 0 amide bonds. The van der Waals surface area contributed by atoms with Crippen molar-refractivity contribution in [2.45, 2.75) is 58.0 Å². The normalized spacial score (nSPS) is 16.4. The number of nitrogens with two attached hydrogens (primary N) is 1. The van der Waals surface area contributed by atoms with Gasteiger partial charge >= 0.3 is 0 Å². The highest BCUT2D eigenvalue weighted by atomic mass is 35.5. The van der Waals surface area contributed by atoms with Gasteiger partial charge in [-0.2, -0.15) is 0 Å². The average molecular weight is 281 g/mol.